The molecule has 1 aliphatic rings. The van der Waals surface area contributed by atoms with Gasteiger partial charge in [-0.15, -0.1) is 0 Å². The van der Waals surface area contributed by atoms with Crippen molar-refractivity contribution in [2.24, 2.45) is 0 Å². The predicted octanol–water partition coefficient (Wildman–Crippen LogP) is 4.91. The molecule has 0 bridgehead atoms. The predicted molar refractivity (Wildman–Crippen MR) is 94.1 cm³/mol. The quantitative estimate of drug-likeness (QED) is 0.790. The second-order valence-electron chi connectivity index (χ2n) is 7.03. The average molecular weight is 291 g/mol. The van der Waals surface area contributed by atoms with Crippen molar-refractivity contribution in [3.8, 4) is 0 Å². The lowest BCUT2D eigenvalue weighted by atomic mass is 9.85. The van der Waals surface area contributed by atoms with E-state index >= 15 is 0 Å². The Balaban J connectivity index is 1.89. The molecule has 1 heteroatoms. The van der Waals surface area contributed by atoms with E-state index in [0.717, 1.165) is 12.8 Å². The summed E-state index contributed by atoms with van der Waals surface area (Å²) in [7, 11) is 0. The maximum atomic E-state index is 4.31. The Kier molecular flexibility index (Phi) is 4.17. The first kappa shape index (κ1) is 15.1. The Labute approximate surface area is 134 Å². The summed E-state index contributed by atoms with van der Waals surface area (Å²) in [6.07, 6.45) is 2.13. The third kappa shape index (κ3) is 3.31. The SMILES string of the molecule is C=C1CC(C)(C)NC1CC(c1ccccc1)c1ccccc1. The lowest BCUT2D eigenvalue weighted by Gasteiger charge is -2.25. The van der Waals surface area contributed by atoms with E-state index in [4.69, 9.17) is 0 Å². The Morgan fingerprint density at radius 3 is 1.91 bits per heavy atom. The molecule has 1 nitrogen and oxygen atoms in total. The van der Waals surface area contributed by atoms with Gasteiger partial charge in [0.2, 0.25) is 0 Å². The average Bonchev–Trinajstić information content (AvgIpc) is 2.78. The van der Waals surface area contributed by atoms with Crippen molar-refractivity contribution >= 4 is 0 Å². The van der Waals surface area contributed by atoms with E-state index in [2.05, 4.69) is 86.4 Å². The lowest BCUT2D eigenvalue weighted by molar-refractivity contribution is 0.413. The molecule has 1 aliphatic heterocycles. The van der Waals surface area contributed by atoms with Gasteiger partial charge in [0.05, 0.1) is 0 Å². The second-order valence-corrected chi connectivity index (χ2v) is 7.03. The third-order valence-corrected chi connectivity index (χ3v) is 4.60. The van der Waals surface area contributed by atoms with Gasteiger partial charge >= 0.3 is 0 Å². The van der Waals surface area contributed by atoms with Crippen molar-refractivity contribution in [1.82, 2.24) is 5.32 Å². The zero-order valence-electron chi connectivity index (χ0n) is 13.5. The summed E-state index contributed by atoms with van der Waals surface area (Å²) >= 11 is 0. The minimum atomic E-state index is 0.166. The molecule has 22 heavy (non-hydrogen) atoms. The van der Waals surface area contributed by atoms with Gasteiger partial charge in [0, 0.05) is 17.5 Å². The monoisotopic (exact) mass is 291 g/mol. The van der Waals surface area contributed by atoms with Gasteiger partial charge in [0.25, 0.3) is 0 Å². The third-order valence-electron chi connectivity index (χ3n) is 4.60. The van der Waals surface area contributed by atoms with Crippen LogP contribution in [0.15, 0.2) is 72.8 Å². The van der Waals surface area contributed by atoms with Crippen molar-refractivity contribution in [3.63, 3.8) is 0 Å². The van der Waals surface area contributed by atoms with Crippen LogP contribution in [-0.2, 0) is 0 Å². The summed E-state index contributed by atoms with van der Waals surface area (Å²) in [6, 6.07) is 22.0. The zero-order valence-corrected chi connectivity index (χ0v) is 13.5. The van der Waals surface area contributed by atoms with Crippen molar-refractivity contribution in [3.05, 3.63) is 83.9 Å². The zero-order chi connectivity index (χ0) is 15.6. The van der Waals surface area contributed by atoms with E-state index in [-0.39, 0.29) is 5.54 Å². The second kappa shape index (κ2) is 6.10. The number of hydrogen-bond donors (Lipinski definition) is 1. The van der Waals surface area contributed by atoms with E-state index in [9.17, 15) is 0 Å². The molecular weight excluding hydrogens is 266 g/mol. The van der Waals surface area contributed by atoms with Crippen LogP contribution in [0, 0.1) is 0 Å². The van der Waals surface area contributed by atoms with E-state index in [1.54, 1.807) is 0 Å². The van der Waals surface area contributed by atoms with Gasteiger partial charge in [0.1, 0.15) is 0 Å². The molecule has 1 heterocycles. The molecule has 3 rings (SSSR count). The number of hydrogen-bond acceptors (Lipinski definition) is 1. The van der Waals surface area contributed by atoms with E-state index in [0.29, 0.717) is 12.0 Å². The van der Waals surface area contributed by atoms with Crippen molar-refractivity contribution in [1.29, 1.82) is 0 Å². The van der Waals surface area contributed by atoms with E-state index < -0.39 is 0 Å². The summed E-state index contributed by atoms with van der Waals surface area (Å²) in [6.45, 7) is 8.83. The maximum Gasteiger partial charge on any atom is 0.0291 e. The highest BCUT2D eigenvalue weighted by Crippen LogP contribution is 2.35. The Morgan fingerprint density at radius 2 is 1.50 bits per heavy atom. The van der Waals surface area contributed by atoms with Gasteiger partial charge in [-0.05, 0) is 37.8 Å². The topological polar surface area (TPSA) is 12.0 Å². The summed E-state index contributed by atoms with van der Waals surface area (Å²) in [5, 5.41) is 3.75. The van der Waals surface area contributed by atoms with Gasteiger partial charge in [0.15, 0.2) is 0 Å². The van der Waals surface area contributed by atoms with Crippen LogP contribution in [0.2, 0.25) is 0 Å². The Bertz CT molecular complexity index is 588. The molecule has 0 radical (unpaired) electrons. The molecule has 2 aromatic carbocycles. The van der Waals surface area contributed by atoms with Crippen LogP contribution in [0.5, 0.6) is 0 Å². The van der Waals surface area contributed by atoms with Crippen LogP contribution in [0.25, 0.3) is 0 Å². The minimum absolute atomic E-state index is 0.166. The molecule has 1 unspecified atom stereocenters. The van der Waals surface area contributed by atoms with Gasteiger partial charge in [-0.3, -0.25) is 0 Å². The highest BCUT2D eigenvalue weighted by Gasteiger charge is 2.34. The van der Waals surface area contributed by atoms with Crippen molar-refractivity contribution in [2.45, 2.75) is 44.2 Å². The molecule has 0 spiro atoms. The molecule has 1 fully saturated rings. The molecule has 0 amide bonds. The Morgan fingerprint density at radius 1 is 1.00 bits per heavy atom. The van der Waals surface area contributed by atoms with Crippen LogP contribution in [0.3, 0.4) is 0 Å². The van der Waals surface area contributed by atoms with Crippen LogP contribution < -0.4 is 5.32 Å². The number of benzene rings is 2. The molecule has 0 aliphatic carbocycles. The van der Waals surface area contributed by atoms with Gasteiger partial charge < -0.3 is 5.32 Å². The van der Waals surface area contributed by atoms with E-state index in [1.807, 2.05) is 0 Å². The summed E-state index contributed by atoms with van der Waals surface area (Å²) in [4.78, 5) is 0. The van der Waals surface area contributed by atoms with Gasteiger partial charge in [-0.25, -0.2) is 0 Å². The highest BCUT2D eigenvalue weighted by atomic mass is 15.0. The molecule has 1 atom stereocenters. The van der Waals surface area contributed by atoms with Crippen molar-refractivity contribution < 1.29 is 0 Å². The summed E-state index contributed by atoms with van der Waals surface area (Å²) < 4.78 is 0. The van der Waals surface area contributed by atoms with Gasteiger partial charge in [-0.1, -0.05) is 72.8 Å². The maximum absolute atomic E-state index is 4.31. The standard InChI is InChI=1S/C21H25N/c1-16-15-21(2,3)22-20(16)14-19(17-10-6-4-7-11-17)18-12-8-5-9-13-18/h4-13,19-20,22H,1,14-15H2,2-3H3. The summed E-state index contributed by atoms with van der Waals surface area (Å²) in [5.41, 5.74) is 4.27. The lowest BCUT2D eigenvalue weighted by Crippen LogP contribution is -2.38. The number of nitrogens with one attached hydrogen (secondary N) is 1. The molecule has 1 N–H and O–H groups in total. The van der Waals surface area contributed by atoms with Crippen LogP contribution in [-0.4, -0.2) is 11.6 Å². The normalized spacial score (nSPS) is 20.5. The first-order valence-corrected chi connectivity index (χ1v) is 8.10. The molecular formula is C21H25N. The largest absolute Gasteiger partial charge is 0.305 e. The smallest absolute Gasteiger partial charge is 0.0291 e. The highest BCUT2D eigenvalue weighted by molar-refractivity contribution is 5.34. The number of rotatable bonds is 4. The first-order chi connectivity index (χ1) is 10.6. The van der Waals surface area contributed by atoms with Crippen LogP contribution in [0.4, 0.5) is 0 Å². The first-order valence-electron chi connectivity index (χ1n) is 8.10. The van der Waals surface area contributed by atoms with Gasteiger partial charge in [-0.2, -0.15) is 0 Å². The fraction of sp³-hybridized carbons (Fsp3) is 0.333. The molecule has 114 valence electrons. The Hall–Kier alpha value is -1.86. The molecule has 1 saturated heterocycles. The summed E-state index contributed by atoms with van der Waals surface area (Å²) in [5.74, 6) is 0.408. The minimum Gasteiger partial charge on any atom is -0.305 e. The van der Waals surface area contributed by atoms with Crippen molar-refractivity contribution in [2.75, 3.05) is 0 Å². The van der Waals surface area contributed by atoms with Crippen LogP contribution >= 0.6 is 0 Å². The fourth-order valence-corrected chi connectivity index (χ4v) is 3.61. The molecule has 2 aromatic rings. The molecule has 0 aromatic heterocycles. The van der Waals surface area contributed by atoms with E-state index in [1.165, 1.54) is 16.7 Å². The van der Waals surface area contributed by atoms with Crippen LogP contribution in [0.1, 0.15) is 43.7 Å². The fourth-order valence-electron chi connectivity index (χ4n) is 3.61. The molecule has 0 saturated carbocycles.